The fraction of sp³-hybridized carbons (Fsp3) is 0.292. The van der Waals surface area contributed by atoms with Crippen LogP contribution in [0.4, 0.5) is 5.69 Å². The lowest BCUT2D eigenvalue weighted by Crippen LogP contribution is -2.37. The molecule has 6 nitrogen and oxygen atoms in total. The van der Waals surface area contributed by atoms with Crippen molar-refractivity contribution in [2.24, 2.45) is 0 Å². The number of hydrogen-bond donors (Lipinski definition) is 1. The summed E-state index contributed by atoms with van der Waals surface area (Å²) < 4.78 is 1.40. The van der Waals surface area contributed by atoms with Gasteiger partial charge in [0.1, 0.15) is 6.54 Å². The summed E-state index contributed by atoms with van der Waals surface area (Å²) >= 11 is 6.03. The Bertz CT molecular complexity index is 1210. The van der Waals surface area contributed by atoms with E-state index in [4.69, 9.17) is 11.6 Å². The maximum atomic E-state index is 13.1. The first-order chi connectivity index (χ1) is 14.9. The van der Waals surface area contributed by atoms with Crippen molar-refractivity contribution in [1.29, 1.82) is 0 Å². The first-order valence-corrected chi connectivity index (χ1v) is 10.8. The van der Waals surface area contributed by atoms with Gasteiger partial charge in [-0.1, -0.05) is 35.9 Å². The number of aryl methyl sites for hydroxylation is 1. The van der Waals surface area contributed by atoms with Gasteiger partial charge in [0.25, 0.3) is 11.5 Å². The molecule has 0 aliphatic carbocycles. The summed E-state index contributed by atoms with van der Waals surface area (Å²) in [7, 11) is 0. The van der Waals surface area contributed by atoms with Gasteiger partial charge in [-0.15, -0.1) is 0 Å². The fourth-order valence-electron chi connectivity index (χ4n) is 4.00. The molecule has 1 aromatic heterocycles. The number of nitrogens with one attached hydrogen (secondary N) is 1. The van der Waals surface area contributed by atoms with Crippen LogP contribution < -0.4 is 10.9 Å². The van der Waals surface area contributed by atoms with Gasteiger partial charge in [0.05, 0.1) is 11.1 Å². The monoisotopic (exact) mass is 437 g/mol. The number of carbonyl (C=O) groups is 2. The Labute approximate surface area is 185 Å². The molecule has 4 rings (SSSR count). The van der Waals surface area contributed by atoms with Gasteiger partial charge in [0, 0.05) is 35.3 Å². The van der Waals surface area contributed by atoms with E-state index in [1.807, 2.05) is 30.0 Å². The number of hydrogen-bond acceptors (Lipinski definition) is 3. The van der Waals surface area contributed by atoms with Crippen LogP contribution in [-0.2, 0) is 11.3 Å². The minimum atomic E-state index is -0.378. The van der Waals surface area contributed by atoms with Crippen molar-refractivity contribution in [3.8, 4) is 0 Å². The van der Waals surface area contributed by atoms with E-state index in [1.54, 1.807) is 24.3 Å². The van der Waals surface area contributed by atoms with Crippen LogP contribution in [0.5, 0.6) is 0 Å². The SMILES string of the molecule is Cc1ccc(Cl)cc1NC(=O)Cn1c(=O)cc(C(=O)N2CCCCC2)c2ccccc21. The minimum absolute atomic E-state index is 0.126. The van der Waals surface area contributed by atoms with Gasteiger partial charge in [0.2, 0.25) is 5.91 Å². The van der Waals surface area contributed by atoms with Gasteiger partial charge in [0.15, 0.2) is 0 Å². The lowest BCUT2D eigenvalue weighted by molar-refractivity contribution is -0.116. The Balaban J connectivity index is 1.67. The summed E-state index contributed by atoms with van der Waals surface area (Å²) in [5.74, 6) is -0.466. The third kappa shape index (κ3) is 4.49. The molecule has 3 aromatic rings. The summed E-state index contributed by atoms with van der Waals surface area (Å²) in [4.78, 5) is 40.6. The number of halogens is 1. The summed E-state index contributed by atoms with van der Waals surface area (Å²) in [6.07, 6.45) is 3.07. The number of likely N-dealkylation sites (tertiary alicyclic amines) is 1. The van der Waals surface area contributed by atoms with Gasteiger partial charge in [-0.25, -0.2) is 0 Å². The number of aromatic nitrogens is 1. The second-order valence-corrected chi connectivity index (χ2v) is 8.30. The van der Waals surface area contributed by atoms with Crippen molar-refractivity contribution in [2.45, 2.75) is 32.7 Å². The van der Waals surface area contributed by atoms with Crippen molar-refractivity contribution in [2.75, 3.05) is 18.4 Å². The van der Waals surface area contributed by atoms with Crippen molar-refractivity contribution < 1.29 is 9.59 Å². The number of nitrogens with zero attached hydrogens (tertiary/aromatic N) is 2. The summed E-state index contributed by atoms with van der Waals surface area (Å²) in [5.41, 5.74) is 2.05. The Hall–Kier alpha value is -3.12. The molecule has 31 heavy (non-hydrogen) atoms. The van der Waals surface area contributed by atoms with Gasteiger partial charge in [-0.3, -0.25) is 19.0 Å². The number of carbonyl (C=O) groups excluding carboxylic acids is 2. The summed E-state index contributed by atoms with van der Waals surface area (Å²) in [6, 6.07) is 13.8. The quantitative estimate of drug-likeness (QED) is 0.664. The lowest BCUT2D eigenvalue weighted by Gasteiger charge is -2.27. The van der Waals surface area contributed by atoms with Gasteiger partial charge >= 0.3 is 0 Å². The molecule has 0 atom stereocenters. The lowest BCUT2D eigenvalue weighted by atomic mass is 10.0. The van der Waals surface area contributed by atoms with Crippen molar-refractivity contribution >= 4 is 40.0 Å². The number of rotatable bonds is 4. The second-order valence-electron chi connectivity index (χ2n) is 7.86. The van der Waals surface area contributed by atoms with Crippen LogP contribution in [0, 0.1) is 6.92 Å². The molecule has 0 bridgehead atoms. The van der Waals surface area contributed by atoms with E-state index in [0.717, 1.165) is 24.8 Å². The number of benzene rings is 2. The fourth-order valence-corrected chi connectivity index (χ4v) is 4.18. The molecule has 2 heterocycles. The number of pyridine rings is 1. The van der Waals surface area contributed by atoms with Gasteiger partial charge in [-0.05, 0) is 49.9 Å². The van der Waals surface area contributed by atoms with E-state index >= 15 is 0 Å². The predicted octanol–water partition coefficient (Wildman–Crippen LogP) is 4.23. The number of amides is 2. The van der Waals surface area contributed by atoms with Crippen molar-refractivity contribution in [3.63, 3.8) is 0 Å². The average Bonchev–Trinajstić information content (AvgIpc) is 2.78. The van der Waals surface area contributed by atoms with Crippen LogP contribution in [-0.4, -0.2) is 34.4 Å². The first-order valence-electron chi connectivity index (χ1n) is 10.4. The normalized spacial score (nSPS) is 13.9. The van der Waals surface area contributed by atoms with E-state index in [2.05, 4.69) is 5.32 Å². The molecule has 2 aromatic carbocycles. The molecular weight excluding hydrogens is 414 g/mol. The molecule has 0 radical (unpaired) electrons. The Kier molecular flexibility index (Phi) is 6.09. The van der Waals surface area contributed by atoms with Crippen molar-refractivity contribution in [1.82, 2.24) is 9.47 Å². The number of anilines is 1. The number of piperidine rings is 1. The third-order valence-corrected chi connectivity index (χ3v) is 5.90. The molecule has 1 fully saturated rings. The van der Waals surface area contributed by atoms with Crippen molar-refractivity contribution in [3.05, 3.63) is 75.0 Å². The predicted molar refractivity (Wildman–Crippen MR) is 123 cm³/mol. The van der Waals surface area contributed by atoms with Crippen LogP contribution in [0.2, 0.25) is 5.02 Å². The minimum Gasteiger partial charge on any atom is -0.339 e. The maximum Gasteiger partial charge on any atom is 0.254 e. The largest absolute Gasteiger partial charge is 0.339 e. The molecule has 7 heteroatoms. The second kappa shape index (κ2) is 8.94. The van der Waals surface area contributed by atoms with E-state index < -0.39 is 0 Å². The highest BCUT2D eigenvalue weighted by Crippen LogP contribution is 2.22. The molecule has 0 spiro atoms. The van der Waals surface area contributed by atoms with Crippen LogP contribution in [0.3, 0.4) is 0 Å². The summed E-state index contributed by atoms with van der Waals surface area (Å²) in [6.45, 7) is 3.12. The van der Waals surface area contributed by atoms with Crippen LogP contribution in [0.15, 0.2) is 53.3 Å². The highest BCUT2D eigenvalue weighted by Gasteiger charge is 2.22. The van der Waals surface area contributed by atoms with Crippen LogP contribution in [0.1, 0.15) is 35.2 Å². The first kappa shape index (κ1) is 21.1. The molecule has 2 amide bonds. The highest BCUT2D eigenvalue weighted by atomic mass is 35.5. The van der Waals surface area contributed by atoms with Gasteiger partial charge in [-0.2, -0.15) is 0 Å². The molecule has 1 aliphatic heterocycles. The standard InChI is InChI=1S/C24H24ClN3O3/c1-16-9-10-17(25)13-20(16)26-22(29)15-28-21-8-4-3-7-18(21)19(14-23(28)30)24(31)27-11-5-2-6-12-27/h3-4,7-10,13-14H,2,5-6,11-12,15H2,1H3,(H,26,29). The molecule has 160 valence electrons. The molecule has 1 saturated heterocycles. The Morgan fingerprint density at radius 2 is 1.77 bits per heavy atom. The number of fused-ring (bicyclic) bond motifs is 1. The van der Waals surface area contributed by atoms with Gasteiger partial charge < -0.3 is 10.2 Å². The Morgan fingerprint density at radius 3 is 2.55 bits per heavy atom. The topological polar surface area (TPSA) is 71.4 Å². The van der Waals surface area contributed by atoms with E-state index in [0.29, 0.717) is 40.3 Å². The van der Waals surface area contributed by atoms with Crippen LogP contribution in [0.25, 0.3) is 10.9 Å². The zero-order chi connectivity index (χ0) is 22.0. The molecule has 0 saturated carbocycles. The Morgan fingerprint density at radius 1 is 1.03 bits per heavy atom. The van der Waals surface area contributed by atoms with E-state index in [1.165, 1.54) is 10.6 Å². The smallest absolute Gasteiger partial charge is 0.254 e. The molecule has 1 N–H and O–H groups in total. The van der Waals surface area contributed by atoms with E-state index in [9.17, 15) is 14.4 Å². The zero-order valence-corrected chi connectivity index (χ0v) is 18.1. The third-order valence-electron chi connectivity index (χ3n) is 5.67. The maximum absolute atomic E-state index is 13.1. The molecule has 1 aliphatic rings. The highest BCUT2D eigenvalue weighted by molar-refractivity contribution is 6.31. The zero-order valence-electron chi connectivity index (χ0n) is 17.4. The molecular formula is C24H24ClN3O3. The van der Waals surface area contributed by atoms with Crippen LogP contribution >= 0.6 is 11.6 Å². The summed E-state index contributed by atoms with van der Waals surface area (Å²) in [5, 5.41) is 4.01. The van der Waals surface area contributed by atoms with E-state index in [-0.39, 0.29) is 23.9 Å². The molecule has 0 unspecified atom stereocenters. The average molecular weight is 438 g/mol. The number of para-hydroxylation sites is 1.